The lowest BCUT2D eigenvalue weighted by molar-refractivity contribution is -0.132. The van der Waals surface area contributed by atoms with E-state index in [9.17, 15) is 14.4 Å². The van der Waals surface area contributed by atoms with Gasteiger partial charge < -0.3 is 19.7 Å². The Morgan fingerprint density at radius 1 is 0.946 bits per heavy atom. The Morgan fingerprint density at radius 3 is 2.19 bits per heavy atom. The number of piperidine rings is 1. The van der Waals surface area contributed by atoms with Gasteiger partial charge >= 0.3 is 0 Å². The predicted molar refractivity (Wildman–Crippen MR) is 141 cm³/mol. The van der Waals surface area contributed by atoms with Crippen molar-refractivity contribution < 1.29 is 23.9 Å². The lowest BCUT2D eigenvalue weighted by Crippen LogP contribution is -2.38. The smallest absolute Gasteiger partial charge is 0.271 e. The Kier molecular flexibility index (Phi) is 8.90. The number of amides is 2. The van der Waals surface area contributed by atoms with Crippen molar-refractivity contribution in [3.63, 3.8) is 0 Å². The van der Waals surface area contributed by atoms with Gasteiger partial charge in [0, 0.05) is 49.3 Å². The van der Waals surface area contributed by atoms with E-state index in [2.05, 4.69) is 10.3 Å². The van der Waals surface area contributed by atoms with Crippen LogP contribution in [-0.2, 0) is 11.3 Å². The van der Waals surface area contributed by atoms with Crippen molar-refractivity contribution >= 4 is 28.9 Å². The number of Topliss-reactive ketones (excluding diaryl/α,β-unsaturated/α-hetero) is 1. The maximum absolute atomic E-state index is 12.7. The molecule has 0 spiro atoms. The average Bonchev–Trinajstić information content (AvgIpc) is 3.45. The van der Waals surface area contributed by atoms with E-state index in [1.54, 1.807) is 43.9 Å². The first-order valence-corrected chi connectivity index (χ1v) is 13.2. The molecule has 1 fully saturated rings. The van der Waals surface area contributed by atoms with Gasteiger partial charge in [-0.05, 0) is 54.8 Å². The van der Waals surface area contributed by atoms with E-state index in [0.29, 0.717) is 36.6 Å². The SMILES string of the molecule is COc1ccc(CNC(=O)c2csc(C3CCN(C(=O)CCC(=O)c4ccc(OC)cc4)CC3)n2)cc1. The van der Waals surface area contributed by atoms with Crippen LogP contribution in [0.3, 0.4) is 0 Å². The second-order valence-electron chi connectivity index (χ2n) is 8.91. The van der Waals surface area contributed by atoms with E-state index in [1.807, 2.05) is 29.2 Å². The second kappa shape index (κ2) is 12.5. The minimum absolute atomic E-state index is 0.00181. The van der Waals surface area contributed by atoms with Gasteiger partial charge in [0.2, 0.25) is 5.91 Å². The maximum atomic E-state index is 12.7. The Bertz CT molecular complexity index is 1220. The second-order valence-corrected chi connectivity index (χ2v) is 9.80. The molecule has 9 heteroatoms. The molecular weight excluding hydrogens is 490 g/mol. The van der Waals surface area contributed by atoms with Crippen molar-refractivity contribution in [2.75, 3.05) is 27.3 Å². The number of carbonyl (C=O) groups excluding carboxylic acids is 3. The van der Waals surface area contributed by atoms with Crippen LogP contribution in [0.4, 0.5) is 0 Å². The molecule has 1 aromatic heterocycles. The quantitative estimate of drug-likeness (QED) is 0.396. The van der Waals surface area contributed by atoms with Gasteiger partial charge in [-0.3, -0.25) is 14.4 Å². The van der Waals surface area contributed by atoms with E-state index in [1.165, 1.54) is 11.3 Å². The summed E-state index contributed by atoms with van der Waals surface area (Å²) in [5.74, 6) is 1.43. The van der Waals surface area contributed by atoms with Gasteiger partial charge in [0.15, 0.2) is 5.78 Å². The number of aromatic nitrogens is 1. The largest absolute Gasteiger partial charge is 0.497 e. The highest BCUT2D eigenvalue weighted by Gasteiger charge is 2.26. The van der Waals surface area contributed by atoms with Crippen molar-refractivity contribution in [2.24, 2.45) is 0 Å². The van der Waals surface area contributed by atoms with Crippen LogP contribution in [0.5, 0.6) is 11.5 Å². The fraction of sp³-hybridized carbons (Fsp3) is 0.357. The predicted octanol–water partition coefficient (Wildman–Crippen LogP) is 4.46. The first kappa shape index (κ1) is 26.3. The van der Waals surface area contributed by atoms with Crippen LogP contribution in [-0.4, -0.2) is 54.8 Å². The van der Waals surface area contributed by atoms with Crippen LogP contribution in [0.15, 0.2) is 53.9 Å². The molecule has 0 radical (unpaired) electrons. The van der Waals surface area contributed by atoms with Crippen molar-refractivity contribution in [1.82, 2.24) is 15.2 Å². The number of rotatable bonds is 10. The van der Waals surface area contributed by atoms with Crippen molar-refractivity contribution in [3.8, 4) is 11.5 Å². The molecule has 2 amide bonds. The molecule has 1 aliphatic rings. The zero-order chi connectivity index (χ0) is 26.2. The first-order chi connectivity index (χ1) is 18.0. The van der Waals surface area contributed by atoms with Crippen LogP contribution in [0.25, 0.3) is 0 Å². The maximum Gasteiger partial charge on any atom is 0.271 e. The van der Waals surface area contributed by atoms with Crippen molar-refractivity contribution in [1.29, 1.82) is 0 Å². The summed E-state index contributed by atoms with van der Waals surface area (Å²) in [5, 5.41) is 5.63. The van der Waals surface area contributed by atoms with Gasteiger partial charge in [0.25, 0.3) is 5.91 Å². The summed E-state index contributed by atoms with van der Waals surface area (Å²) in [5.41, 5.74) is 1.98. The molecule has 4 rings (SSSR count). The summed E-state index contributed by atoms with van der Waals surface area (Å²) in [6, 6.07) is 14.5. The fourth-order valence-electron chi connectivity index (χ4n) is 4.27. The third-order valence-corrected chi connectivity index (χ3v) is 7.55. The zero-order valence-corrected chi connectivity index (χ0v) is 21.9. The van der Waals surface area contributed by atoms with Gasteiger partial charge in [-0.25, -0.2) is 4.98 Å². The van der Waals surface area contributed by atoms with Crippen molar-refractivity contribution in [2.45, 2.75) is 38.1 Å². The summed E-state index contributed by atoms with van der Waals surface area (Å²) < 4.78 is 10.3. The minimum atomic E-state index is -0.201. The highest BCUT2D eigenvalue weighted by molar-refractivity contribution is 7.09. The molecule has 194 valence electrons. The van der Waals surface area contributed by atoms with E-state index in [4.69, 9.17) is 9.47 Å². The molecule has 0 unspecified atom stereocenters. The van der Waals surface area contributed by atoms with Crippen molar-refractivity contribution in [3.05, 3.63) is 75.7 Å². The molecule has 0 bridgehead atoms. The summed E-state index contributed by atoms with van der Waals surface area (Å²) in [6.45, 7) is 1.66. The summed E-state index contributed by atoms with van der Waals surface area (Å²) in [4.78, 5) is 44.1. The molecular formula is C28H31N3O5S. The van der Waals surface area contributed by atoms with Crippen LogP contribution < -0.4 is 14.8 Å². The summed E-state index contributed by atoms with van der Waals surface area (Å²) in [7, 11) is 3.19. The van der Waals surface area contributed by atoms with E-state index < -0.39 is 0 Å². The van der Waals surface area contributed by atoms with E-state index in [0.717, 1.165) is 29.2 Å². The first-order valence-electron chi connectivity index (χ1n) is 12.3. The number of nitrogens with one attached hydrogen (secondary N) is 1. The highest BCUT2D eigenvalue weighted by Crippen LogP contribution is 2.30. The number of ether oxygens (including phenoxy) is 2. The number of ketones is 1. The van der Waals surface area contributed by atoms with Crippen LogP contribution in [0.1, 0.15) is 63.0 Å². The number of hydrogen-bond donors (Lipinski definition) is 1. The summed E-state index contributed by atoms with van der Waals surface area (Å²) in [6.07, 6.45) is 1.97. The molecule has 3 aromatic rings. The molecule has 1 saturated heterocycles. The van der Waals surface area contributed by atoms with Crippen LogP contribution in [0, 0.1) is 0 Å². The number of nitrogens with zero attached hydrogens (tertiary/aromatic N) is 2. The topological polar surface area (TPSA) is 97.8 Å². The standard InChI is InChI=1S/C28H31N3O5S/c1-35-22-7-3-19(4-8-22)17-29-27(34)24-18-37-28(30-24)21-13-15-31(16-14-21)26(33)12-11-25(32)20-5-9-23(36-2)10-6-20/h3-10,18,21H,11-17H2,1-2H3,(H,29,34). The third kappa shape index (κ3) is 6.95. The van der Waals surface area contributed by atoms with Gasteiger partial charge in [0.1, 0.15) is 17.2 Å². The number of likely N-dealkylation sites (tertiary alicyclic amines) is 1. The molecule has 8 nitrogen and oxygen atoms in total. The molecule has 0 saturated carbocycles. The number of thiazole rings is 1. The highest BCUT2D eigenvalue weighted by atomic mass is 32.1. The Morgan fingerprint density at radius 2 is 1.57 bits per heavy atom. The number of benzene rings is 2. The molecule has 1 aliphatic heterocycles. The van der Waals surface area contributed by atoms with E-state index >= 15 is 0 Å². The van der Waals surface area contributed by atoms with Gasteiger partial charge in [-0.15, -0.1) is 11.3 Å². The van der Waals surface area contributed by atoms with Crippen LogP contribution >= 0.6 is 11.3 Å². The van der Waals surface area contributed by atoms with Gasteiger partial charge in [-0.1, -0.05) is 12.1 Å². The molecule has 0 atom stereocenters. The molecule has 1 N–H and O–H groups in total. The number of carbonyl (C=O) groups is 3. The van der Waals surface area contributed by atoms with Gasteiger partial charge in [-0.2, -0.15) is 0 Å². The molecule has 2 heterocycles. The molecule has 0 aliphatic carbocycles. The minimum Gasteiger partial charge on any atom is -0.497 e. The molecule has 2 aromatic carbocycles. The fourth-order valence-corrected chi connectivity index (χ4v) is 5.24. The lowest BCUT2D eigenvalue weighted by atomic mass is 9.97. The van der Waals surface area contributed by atoms with Gasteiger partial charge in [0.05, 0.1) is 19.2 Å². The number of methoxy groups -OCH3 is 2. The van der Waals surface area contributed by atoms with E-state index in [-0.39, 0.29) is 36.4 Å². The monoisotopic (exact) mass is 521 g/mol. The molecule has 37 heavy (non-hydrogen) atoms. The Hall–Kier alpha value is -3.72. The normalized spacial score (nSPS) is 13.7. The Labute approximate surface area is 220 Å². The lowest BCUT2D eigenvalue weighted by Gasteiger charge is -2.31. The summed E-state index contributed by atoms with van der Waals surface area (Å²) >= 11 is 1.49. The number of hydrogen-bond acceptors (Lipinski definition) is 7. The average molecular weight is 522 g/mol. The Balaban J connectivity index is 1.21. The van der Waals surface area contributed by atoms with Crippen LogP contribution in [0.2, 0.25) is 0 Å². The third-order valence-electron chi connectivity index (χ3n) is 6.54. The zero-order valence-electron chi connectivity index (χ0n) is 21.1.